The largest absolute Gasteiger partial charge is 0.463 e. The molecule has 0 heterocycles. The lowest BCUT2D eigenvalue weighted by molar-refractivity contribution is -0.147. The van der Waals surface area contributed by atoms with E-state index in [0.717, 1.165) is 44.9 Å². The summed E-state index contributed by atoms with van der Waals surface area (Å²) in [6.45, 7) is 1.58. The molecule has 3 atom stereocenters. The molecule has 0 amide bonds. The lowest BCUT2D eigenvalue weighted by Gasteiger charge is -2.17. The van der Waals surface area contributed by atoms with E-state index in [9.17, 15) is 15.0 Å². The molecular weight excluding hydrogens is 324 g/mol. The SMILES string of the molecule is CCCCCCC(O)C(O)CCCCCCCC(=O)OC[C@H](O)CO. The number of aliphatic hydroxyl groups excluding tert-OH is 4. The average molecular weight is 363 g/mol. The zero-order chi connectivity index (χ0) is 18.9. The van der Waals surface area contributed by atoms with Crippen molar-refractivity contribution in [1.82, 2.24) is 0 Å². The maximum atomic E-state index is 11.4. The summed E-state index contributed by atoms with van der Waals surface area (Å²) in [6.07, 6.45) is 8.27. The third kappa shape index (κ3) is 15.3. The second kappa shape index (κ2) is 16.8. The molecule has 0 aromatic carbocycles. The van der Waals surface area contributed by atoms with Crippen molar-refractivity contribution in [2.24, 2.45) is 0 Å². The molecule has 25 heavy (non-hydrogen) atoms. The predicted molar refractivity (Wildman–Crippen MR) is 97.1 cm³/mol. The molecule has 0 bridgehead atoms. The maximum absolute atomic E-state index is 11.4. The number of rotatable bonds is 17. The highest BCUT2D eigenvalue weighted by molar-refractivity contribution is 5.69. The highest BCUT2D eigenvalue weighted by Crippen LogP contribution is 2.14. The van der Waals surface area contributed by atoms with Crippen molar-refractivity contribution >= 4 is 5.97 Å². The molecule has 0 fully saturated rings. The van der Waals surface area contributed by atoms with Crippen LogP contribution in [0.15, 0.2) is 0 Å². The minimum Gasteiger partial charge on any atom is -0.463 e. The first kappa shape index (κ1) is 24.3. The topological polar surface area (TPSA) is 107 Å². The molecule has 4 N–H and O–H groups in total. The van der Waals surface area contributed by atoms with Crippen LogP contribution in [0, 0.1) is 0 Å². The van der Waals surface area contributed by atoms with Crippen LogP contribution in [0.3, 0.4) is 0 Å². The van der Waals surface area contributed by atoms with Gasteiger partial charge in [0, 0.05) is 6.42 Å². The van der Waals surface area contributed by atoms with Gasteiger partial charge in [-0.15, -0.1) is 0 Å². The summed E-state index contributed by atoms with van der Waals surface area (Å²) < 4.78 is 4.82. The fourth-order valence-corrected chi connectivity index (χ4v) is 2.63. The normalized spacial score (nSPS) is 14.9. The maximum Gasteiger partial charge on any atom is 0.305 e. The Morgan fingerprint density at radius 1 is 0.840 bits per heavy atom. The van der Waals surface area contributed by atoms with Crippen molar-refractivity contribution in [2.45, 2.75) is 102 Å². The van der Waals surface area contributed by atoms with Crippen LogP contribution < -0.4 is 0 Å². The summed E-state index contributed by atoms with van der Waals surface area (Å²) in [5.74, 6) is -0.353. The van der Waals surface area contributed by atoms with E-state index >= 15 is 0 Å². The number of carbonyl (C=O) groups excluding carboxylic acids is 1. The zero-order valence-electron chi connectivity index (χ0n) is 15.7. The van der Waals surface area contributed by atoms with Gasteiger partial charge >= 0.3 is 5.97 Å². The Morgan fingerprint density at radius 2 is 1.36 bits per heavy atom. The summed E-state index contributed by atoms with van der Waals surface area (Å²) in [5.41, 5.74) is 0. The Balaban J connectivity index is 3.46. The van der Waals surface area contributed by atoms with Crippen molar-refractivity contribution in [1.29, 1.82) is 0 Å². The van der Waals surface area contributed by atoms with Gasteiger partial charge in [0.1, 0.15) is 12.7 Å². The minimum atomic E-state index is -1.00. The van der Waals surface area contributed by atoms with E-state index in [1.807, 2.05) is 0 Å². The first-order valence-electron chi connectivity index (χ1n) is 9.81. The molecule has 6 nitrogen and oxygen atoms in total. The Hall–Kier alpha value is -0.690. The Bertz CT molecular complexity index is 310. The number of hydrogen-bond acceptors (Lipinski definition) is 6. The van der Waals surface area contributed by atoms with Crippen molar-refractivity contribution in [3.8, 4) is 0 Å². The Kier molecular flexibility index (Phi) is 16.3. The predicted octanol–water partition coefficient (Wildman–Crippen LogP) is 2.31. The highest BCUT2D eigenvalue weighted by Gasteiger charge is 2.15. The lowest BCUT2D eigenvalue weighted by atomic mass is 10.00. The zero-order valence-corrected chi connectivity index (χ0v) is 15.7. The van der Waals surface area contributed by atoms with E-state index in [2.05, 4.69) is 6.92 Å². The van der Waals surface area contributed by atoms with E-state index in [1.165, 1.54) is 12.8 Å². The van der Waals surface area contributed by atoms with Crippen LogP contribution in [0.1, 0.15) is 84.0 Å². The summed E-state index contributed by atoms with van der Waals surface area (Å²) in [6, 6.07) is 0. The number of ether oxygens (including phenoxy) is 1. The van der Waals surface area contributed by atoms with Gasteiger partial charge in [0.15, 0.2) is 0 Å². The number of unbranched alkanes of at least 4 members (excludes halogenated alkanes) is 7. The minimum absolute atomic E-state index is 0.159. The first-order valence-corrected chi connectivity index (χ1v) is 9.81. The number of aliphatic hydroxyl groups is 4. The van der Waals surface area contributed by atoms with Crippen LogP contribution >= 0.6 is 0 Å². The van der Waals surface area contributed by atoms with Gasteiger partial charge in [-0.05, 0) is 19.3 Å². The molecule has 2 unspecified atom stereocenters. The van der Waals surface area contributed by atoms with Gasteiger partial charge in [-0.1, -0.05) is 58.3 Å². The molecule has 0 aliphatic carbocycles. The average Bonchev–Trinajstić information content (AvgIpc) is 2.61. The Morgan fingerprint density at radius 3 is 1.92 bits per heavy atom. The lowest BCUT2D eigenvalue weighted by Crippen LogP contribution is -2.25. The van der Waals surface area contributed by atoms with E-state index in [-0.39, 0.29) is 12.6 Å². The molecule has 0 aliphatic rings. The second-order valence-electron chi connectivity index (χ2n) is 6.81. The van der Waals surface area contributed by atoms with Gasteiger partial charge in [0.2, 0.25) is 0 Å². The highest BCUT2D eigenvalue weighted by atomic mass is 16.5. The number of hydrogen-bond donors (Lipinski definition) is 4. The third-order valence-electron chi connectivity index (χ3n) is 4.33. The van der Waals surface area contributed by atoms with Crippen LogP contribution in [0.5, 0.6) is 0 Å². The molecule has 0 aliphatic heterocycles. The second-order valence-corrected chi connectivity index (χ2v) is 6.81. The first-order chi connectivity index (χ1) is 12.0. The third-order valence-corrected chi connectivity index (χ3v) is 4.33. The number of carbonyl (C=O) groups is 1. The van der Waals surface area contributed by atoms with Crippen LogP contribution in [0.4, 0.5) is 0 Å². The van der Waals surface area contributed by atoms with E-state index in [1.54, 1.807) is 0 Å². The van der Waals surface area contributed by atoms with Crippen molar-refractivity contribution < 1.29 is 30.0 Å². The smallest absolute Gasteiger partial charge is 0.305 e. The van der Waals surface area contributed by atoms with Gasteiger partial charge in [0.25, 0.3) is 0 Å². The summed E-state index contributed by atoms with van der Waals surface area (Å²) in [7, 11) is 0. The van der Waals surface area contributed by atoms with Gasteiger partial charge < -0.3 is 25.2 Å². The molecule has 0 spiro atoms. The molecular formula is C19H38O6. The van der Waals surface area contributed by atoms with Crippen molar-refractivity contribution in [3.63, 3.8) is 0 Å². The Labute approximate surface area is 152 Å². The van der Waals surface area contributed by atoms with Crippen LogP contribution in [0.25, 0.3) is 0 Å². The quantitative estimate of drug-likeness (QED) is 0.234. The fourth-order valence-electron chi connectivity index (χ4n) is 2.63. The fraction of sp³-hybridized carbons (Fsp3) is 0.947. The monoisotopic (exact) mass is 362 g/mol. The molecule has 0 aromatic heterocycles. The van der Waals surface area contributed by atoms with Crippen molar-refractivity contribution in [2.75, 3.05) is 13.2 Å². The molecule has 0 rings (SSSR count). The van der Waals surface area contributed by atoms with E-state index < -0.39 is 24.9 Å². The molecule has 0 saturated heterocycles. The molecule has 6 heteroatoms. The molecule has 0 saturated carbocycles. The van der Waals surface area contributed by atoms with Crippen molar-refractivity contribution in [3.05, 3.63) is 0 Å². The van der Waals surface area contributed by atoms with Gasteiger partial charge in [-0.25, -0.2) is 0 Å². The summed E-state index contributed by atoms with van der Waals surface area (Å²) in [5, 5.41) is 37.5. The van der Waals surface area contributed by atoms with Gasteiger partial charge in [0.05, 0.1) is 18.8 Å². The van der Waals surface area contributed by atoms with Gasteiger partial charge in [-0.3, -0.25) is 4.79 Å². The van der Waals surface area contributed by atoms with E-state index in [4.69, 9.17) is 14.9 Å². The summed E-state index contributed by atoms with van der Waals surface area (Å²) >= 11 is 0. The molecule has 150 valence electrons. The van der Waals surface area contributed by atoms with E-state index in [0.29, 0.717) is 19.3 Å². The van der Waals surface area contributed by atoms with Crippen LogP contribution in [-0.2, 0) is 9.53 Å². The van der Waals surface area contributed by atoms with Crippen LogP contribution in [-0.4, -0.2) is 57.9 Å². The number of esters is 1. The standard InChI is InChI=1S/C19H38O6/c1-2-3-4-8-11-17(22)18(23)12-9-6-5-7-10-13-19(24)25-15-16(21)14-20/h16-18,20-23H,2-15H2,1H3/t16-,17?,18?/m1/s1. The van der Waals surface area contributed by atoms with Crippen LogP contribution in [0.2, 0.25) is 0 Å². The molecule has 0 aromatic rings. The summed E-state index contributed by atoms with van der Waals surface area (Å²) in [4.78, 5) is 11.4. The molecule has 0 radical (unpaired) electrons. The van der Waals surface area contributed by atoms with Gasteiger partial charge in [-0.2, -0.15) is 0 Å².